The Hall–Kier alpha value is -1.82. The predicted molar refractivity (Wildman–Crippen MR) is 149 cm³/mol. The van der Waals surface area contributed by atoms with Gasteiger partial charge in [-0.1, -0.05) is 86.1 Å². The lowest BCUT2D eigenvalue weighted by molar-refractivity contribution is 0.658. The van der Waals surface area contributed by atoms with Gasteiger partial charge in [0.05, 0.1) is 11.4 Å². The van der Waals surface area contributed by atoms with Crippen molar-refractivity contribution < 1.29 is 0 Å². The van der Waals surface area contributed by atoms with E-state index in [2.05, 4.69) is 136 Å². The van der Waals surface area contributed by atoms with Crippen LogP contribution in [0.3, 0.4) is 0 Å². The van der Waals surface area contributed by atoms with E-state index in [1.165, 1.54) is 33.4 Å². The van der Waals surface area contributed by atoms with Crippen LogP contribution < -0.4 is 0 Å². The zero-order valence-electron chi connectivity index (χ0n) is 19.0. The van der Waals surface area contributed by atoms with E-state index in [0.717, 1.165) is 15.9 Å². The quantitative estimate of drug-likeness (QED) is 0.194. The fourth-order valence-corrected chi connectivity index (χ4v) is 5.37. The van der Waals surface area contributed by atoms with Crippen molar-refractivity contribution in [2.45, 2.75) is 38.5 Å². The second-order valence-corrected chi connectivity index (χ2v) is 10.2. The third-order valence-corrected chi connectivity index (χ3v) is 7.22. The molecule has 4 aromatic rings. The van der Waals surface area contributed by atoms with Gasteiger partial charge >= 0.3 is 0 Å². The van der Waals surface area contributed by atoms with Gasteiger partial charge in [-0.3, -0.25) is 9.97 Å². The summed E-state index contributed by atoms with van der Waals surface area (Å²) >= 11 is 9.04. The molecule has 0 fully saturated rings. The highest BCUT2D eigenvalue weighted by atomic mass is 80.9. The summed E-state index contributed by atoms with van der Waals surface area (Å²) in [7, 11) is 0. The van der Waals surface area contributed by atoms with Gasteiger partial charge < -0.3 is 0 Å². The molecule has 0 spiro atoms. The first-order chi connectivity index (χ1) is 15.8. The molecule has 0 atom stereocenters. The molecule has 6 rings (SSSR count). The maximum atomic E-state index is 4.51. The largest absolute Gasteiger partial charge is 0.256 e. The van der Waals surface area contributed by atoms with Crippen LogP contribution in [0.2, 0.25) is 0 Å². The van der Waals surface area contributed by atoms with Crippen LogP contribution in [-0.2, 0) is 10.8 Å². The van der Waals surface area contributed by atoms with E-state index >= 15 is 0 Å². The minimum Gasteiger partial charge on any atom is -0.256 e. The molecule has 0 radical (unpaired) electrons. The molecule has 2 aliphatic carbocycles. The summed E-state index contributed by atoms with van der Waals surface area (Å²) in [6.45, 7) is 9.04. The van der Waals surface area contributed by atoms with Crippen LogP contribution in [0.25, 0.3) is 22.5 Å². The summed E-state index contributed by atoms with van der Waals surface area (Å²) in [5, 5.41) is 0. The third-order valence-electron chi connectivity index (χ3n) is 6.73. The van der Waals surface area contributed by atoms with Gasteiger partial charge in [0.1, 0.15) is 0 Å². The van der Waals surface area contributed by atoms with Crippen molar-refractivity contribution in [2.75, 3.05) is 0 Å². The molecule has 5 heteroatoms. The molecule has 0 bridgehead atoms. The van der Waals surface area contributed by atoms with Crippen LogP contribution in [-0.4, -0.2) is 9.97 Å². The van der Waals surface area contributed by atoms with E-state index in [0.29, 0.717) is 0 Å². The molecular formula is C28H25Br3N2. The average molecular weight is 629 g/mol. The minimum absolute atomic E-state index is 0.0582. The van der Waals surface area contributed by atoms with E-state index in [1.807, 2.05) is 24.5 Å². The zero-order chi connectivity index (χ0) is 23.8. The van der Waals surface area contributed by atoms with Crippen LogP contribution in [0.15, 0.2) is 83.6 Å². The van der Waals surface area contributed by atoms with Crippen LogP contribution in [0.5, 0.6) is 0 Å². The summed E-state index contributed by atoms with van der Waals surface area (Å²) in [6, 6.07) is 23.4. The van der Waals surface area contributed by atoms with Gasteiger partial charge in [-0.2, -0.15) is 0 Å². The fourth-order valence-electron chi connectivity index (χ4n) is 5.01. The lowest BCUT2D eigenvalue weighted by Gasteiger charge is -2.20. The molecule has 0 amide bonds. The Balaban J connectivity index is 0.000000147. The maximum Gasteiger partial charge on any atom is 0.0745 e. The first-order valence-electron chi connectivity index (χ1n) is 10.8. The van der Waals surface area contributed by atoms with Crippen molar-refractivity contribution in [2.24, 2.45) is 0 Å². The molecule has 2 aliphatic rings. The van der Waals surface area contributed by atoms with Crippen molar-refractivity contribution in [3.8, 4) is 22.5 Å². The summed E-state index contributed by atoms with van der Waals surface area (Å²) in [5.74, 6) is 0. The topological polar surface area (TPSA) is 25.8 Å². The zero-order valence-corrected chi connectivity index (χ0v) is 23.8. The number of nitrogens with zero attached hydrogens (tertiary/aromatic N) is 2. The smallest absolute Gasteiger partial charge is 0.0745 e. The van der Waals surface area contributed by atoms with Crippen molar-refractivity contribution in [3.63, 3.8) is 0 Å². The van der Waals surface area contributed by atoms with Crippen molar-refractivity contribution in [3.05, 3.63) is 106 Å². The van der Waals surface area contributed by atoms with E-state index in [1.54, 1.807) is 0 Å². The number of rotatable bonds is 0. The monoisotopic (exact) mass is 626 g/mol. The molecule has 2 aromatic heterocycles. The van der Waals surface area contributed by atoms with Gasteiger partial charge in [-0.25, -0.2) is 0 Å². The Kier molecular flexibility index (Phi) is 6.95. The Morgan fingerprint density at radius 1 is 0.576 bits per heavy atom. The first kappa shape index (κ1) is 24.3. The Morgan fingerprint density at radius 3 is 1.67 bits per heavy atom. The summed E-state index contributed by atoms with van der Waals surface area (Å²) in [4.78, 5) is 9.01. The first-order valence-corrected chi connectivity index (χ1v) is 15.3. The van der Waals surface area contributed by atoms with Gasteiger partial charge in [0.25, 0.3) is 0 Å². The SMILES string of the molecule is BrBr.CC1(C)c2cc(Br)ccc2-c2ncccc21.CC1(C)c2ccccc2-c2ncccc21. The summed E-state index contributed by atoms with van der Waals surface area (Å²) < 4.78 is 1.13. The van der Waals surface area contributed by atoms with Gasteiger partial charge in [-0.05, 0) is 46.5 Å². The number of benzene rings is 2. The van der Waals surface area contributed by atoms with E-state index in [4.69, 9.17) is 0 Å². The number of hydrogen-bond acceptors (Lipinski definition) is 2. The number of halogens is 3. The lowest BCUT2D eigenvalue weighted by atomic mass is 9.83. The number of aromatic nitrogens is 2. The van der Waals surface area contributed by atoms with Crippen LogP contribution in [0, 0.1) is 0 Å². The molecule has 168 valence electrons. The predicted octanol–water partition coefficient (Wildman–Crippen LogP) is 9.23. The van der Waals surface area contributed by atoms with Crippen molar-refractivity contribution in [1.82, 2.24) is 9.97 Å². The third kappa shape index (κ3) is 4.13. The molecule has 0 aliphatic heterocycles. The molecule has 0 saturated heterocycles. The van der Waals surface area contributed by atoms with E-state index in [-0.39, 0.29) is 10.8 Å². The molecule has 2 nitrogen and oxygen atoms in total. The highest BCUT2D eigenvalue weighted by Gasteiger charge is 2.36. The number of hydrogen-bond donors (Lipinski definition) is 0. The Labute approximate surface area is 219 Å². The molecule has 0 unspecified atom stereocenters. The standard InChI is InChI=1S/C14H12BrN.C14H13N.Br2/c1-14(2)11-4-3-7-16-13(11)10-6-5-9(15)8-12(10)14;1-14(2)11-7-4-3-6-10(11)13-12(14)8-5-9-15-13;1-2/h3-8H,1-2H3;3-9H,1-2H3;. The highest BCUT2D eigenvalue weighted by molar-refractivity contribution is 9.93. The van der Waals surface area contributed by atoms with Gasteiger partial charge in [0.2, 0.25) is 0 Å². The maximum absolute atomic E-state index is 4.51. The van der Waals surface area contributed by atoms with Gasteiger partial charge in [0, 0.05) is 67.1 Å². The van der Waals surface area contributed by atoms with Crippen LogP contribution in [0.4, 0.5) is 0 Å². The van der Waals surface area contributed by atoms with Crippen molar-refractivity contribution >= 4 is 44.2 Å². The minimum atomic E-state index is 0.0582. The van der Waals surface area contributed by atoms with Gasteiger partial charge in [0.15, 0.2) is 0 Å². The van der Waals surface area contributed by atoms with Crippen LogP contribution in [0.1, 0.15) is 49.9 Å². The second-order valence-electron chi connectivity index (χ2n) is 9.28. The number of fused-ring (bicyclic) bond motifs is 6. The lowest BCUT2D eigenvalue weighted by Crippen LogP contribution is -2.14. The van der Waals surface area contributed by atoms with E-state index < -0.39 is 0 Å². The van der Waals surface area contributed by atoms with E-state index in [9.17, 15) is 0 Å². The normalized spacial score (nSPS) is 15.0. The Morgan fingerprint density at radius 2 is 1.06 bits per heavy atom. The molecule has 0 N–H and O–H groups in total. The van der Waals surface area contributed by atoms with Crippen LogP contribution >= 0.6 is 44.2 Å². The number of pyridine rings is 2. The fraction of sp³-hybridized carbons (Fsp3) is 0.214. The highest BCUT2D eigenvalue weighted by Crippen LogP contribution is 2.48. The average Bonchev–Trinajstić information content (AvgIpc) is 3.21. The molecule has 2 aromatic carbocycles. The molecule has 2 heterocycles. The summed E-state index contributed by atoms with van der Waals surface area (Å²) in [5.41, 5.74) is 10.4. The second kappa shape index (κ2) is 9.44. The summed E-state index contributed by atoms with van der Waals surface area (Å²) in [6.07, 6.45) is 3.74. The molecular weight excluding hydrogens is 604 g/mol. The Bertz CT molecular complexity index is 1260. The molecule has 0 saturated carbocycles. The van der Waals surface area contributed by atoms with Crippen molar-refractivity contribution in [1.29, 1.82) is 0 Å². The van der Waals surface area contributed by atoms with Gasteiger partial charge in [-0.15, -0.1) is 0 Å². The molecule has 33 heavy (non-hydrogen) atoms.